The van der Waals surface area contributed by atoms with Gasteiger partial charge in [0.15, 0.2) is 5.96 Å². The van der Waals surface area contributed by atoms with Crippen LogP contribution in [0.2, 0.25) is 5.02 Å². The molecule has 1 unspecified atom stereocenters. The van der Waals surface area contributed by atoms with Crippen molar-refractivity contribution in [2.45, 2.75) is 39.8 Å². The molecule has 0 bridgehead atoms. The van der Waals surface area contributed by atoms with Gasteiger partial charge in [-0.2, -0.15) is 0 Å². The third-order valence-electron chi connectivity index (χ3n) is 3.37. The highest BCUT2D eigenvalue weighted by atomic mass is 127. The molecule has 0 saturated heterocycles. The number of nitrogens with one attached hydrogen (secondary N) is 2. The van der Waals surface area contributed by atoms with E-state index in [0.717, 1.165) is 40.2 Å². The van der Waals surface area contributed by atoms with Crippen molar-refractivity contribution in [3.8, 4) is 0 Å². The van der Waals surface area contributed by atoms with Crippen molar-refractivity contribution in [2.24, 2.45) is 4.99 Å². The Morgan fingerprint density at radius 1 is 1.33 bits per heavy atom. The molecule has 7 heteroatoms. The van der Waals surface area contributed by atoms with Crippen LogP contribution in [-0.2, 0) is 13.0 Å². The highest BCUT2D eigenvalue weighted by molar-refractivity contribution is 14.0. The number of aromatic nitrogens is 1. The average Bonchev–Trinajstić information content (AvgIpc) is 3.01. The van der Waals surface area contributed by atoms with Crippen LogP contribution < -0.4 is 10.6 Å². The van der Waals surface area contributed by atoms with Gasteiger partial charge in [-0.15, -0.1) is 35.3 Å². The molecule has 1 heterocycles. The second-order valence-electron chi connectivity index (χ2n) is 5.17. The molecule has 0 saturated carbocycles. The molecule has 132 valence electrons. The molecule has 0 aliphatic rings. The van der Waals surface area contributed by atoms with Crippen LogP contribution in [-0.4, -0.2) is 17.5 Å². The van der Waals surface area contributed by atoms with E-state index in [4.69, 9.17) is 11.6 Å². The SMILES string of the molecule is CCNC(=NCc1csc(CC)n1)NC(C)c1ccccc1Cl.I. The van der Waals surface area contributed by atoms with Crippen molar-refractivity contribution >= 4 is 52.9 Å². The minimum Gasteiger partial charge on any atom is -0.357 e. The second-order valence-corrected chi connectivity index (χ2v) is 6.52. The first kappa shape index (κ1) is 21.2. The molecular weight excluding hydrogens is 455 g/mol. The lowest BCUT2D eigenvalue weighted by molar-refractivity contribution is 0.686. The van der Waals surface area contributed by atoms with E-state index in [-0.39, 0.29) is 30.0 Å². The van der Waals surface area contributed by atoms with Crippen molar-refractivity contribution in [1.29, 1.82) is 0 Å². The van der Waals surface area contributed by atoms with Crippen LogP contribution in [0.3, 0.4) is 0 Å². The van der Waals surface area contributed by atoms with Gasteiger partial charge in [-0.05, 0) is 31.9 Å². The van der Waals surface area contributed by atoms with Gasteiger partial charge in [-0.1, -0.05) is 36.7 Å². The molecule has 2 aromatic rings. The number of guanidine groups is 1. The van der Waals surface area contributed by atoms with Crippen LogP contribution in [0.4, 0.5) is 0 Å². The second kappa shape index (κ2) is 10.9. The van der Waals surface area contributed by atoms with Gasteiger partial charge in [0, 0.05) is 16.9 Å². The number of rotatable bonds is 6. The number of hydrogen-bond donors (Lipinski definition) is 2. The van der Waals surface area contributed by atoms with E-state index in [0.29, 0.717) is 6.54 Å². The van der Waals surface area contributed by atoms with Gasteiger partial charge in [0.2, 0.25) is 0 Å². The summed E-state index contributed by atoms with van der Waals surface area (Å²) in [5.41, 5.74) is 2.07. The molecular formula is C17H24ClIN4S. The fraction of sp³-hybridized carbons (Fsp3) is 0.412. The van der Waals surface area contributed by atoms with Crippen molar-refractivity contribution in [3.63, 3.8) is 0 Å². The Kier molecular flexibility index (Phi) is 9.61. The molecule has 0 spiro atoms. The van der Waals surface area contributed by atoms with Crippen molar-refractivity contribution in [2.75, 3.05) is 6.54 Å². The van der Waals surface area contributed by atoms with Crippen molar-refractivity contribution in [3.05, 3.63) is 50.9 Å². The lowest BCUT2D eigenvalue weighted by Gasteiger charge is -2.19. The Hall–Kier alpha value is -0.860. The third-order valence-corrected chi connectivity index (χ3v) is 4.76. The fourth-order valence-electron chi connectivity index (χ4n) is 2.17. The zero-order chi connectivity index (χ0) is 16.7. The first-order valence-corrected chi connectivity index (χ1v) is 9.12. The minimum absolute atomic E-state index is 0. The van der Waals surface area contributed by atoms with Gasteiger partial charge in [0.1, 0.15) is 0 Å². The summed E-state index contributed by atoms with van der Waals surface area (Å²) in [6.45, 7) is 7.61. The maximum atomic E-state index is 6.26. The number of benzene rings is 1. The molecule has 24 heavy (non-hydrogen) atoms. The summed E-state index contributed by atoms with van der Waals surface area (Å²) in [4.78, 5) is 9.17. The fourth-order valence-corrected chi connectivity index (χ4v) is 3.21. The van der Waals surface area contributed by atoms with Gasteiger partial charge >= 0.3 is 0 Å². The van der Waals surface area contributed by atoms with E-state index in [1.807, 2.05) is 24.3 Å². The van der Waals surface area contributed by atoms with Gasteiger partial charge in [-0.3, -0.25) is 0 Å². The van der Waals surface area contributed by atoms with Crippen LogP contribution in [0.25, 0.3) is 0 Å². The van der Waals surface area contributed by atoms with Crippen molar-refractivity contribution < 1.29 is 0 Å². The number of nitrogens with zero attached hydrogens (tertiary/aromatic N) is 2. The Morgan fingerprint density at radius 2 is 2.08 bits per heavy atom. The molecule has 2 N–H and O–H groups in total. The van der Waals surface area contributed by atoms with E-state index < -0.39 is 0 Å². The molecule has 0 fully saturated rings. The topological polar surface area (TPSA) is 49.3 Å². The number of hydrogen-bond acceptors (Lipinski definition) is 3. The standard InChI is InChI=1S/C17H23ClN4S.HI/c1-4-16-22-13(11-23-16)10-20-17(19-5-2)21-12(3)14-8-6-7-9-15(14)18;/h6-9,11-12H,4-5,10H2,1-3H3,(H2,19,20,21);1H. The van der Waals surface area contributed by atoms with Crippen LogP contribution in [0.15, 0.2) is 34.6 Å². The van der Waals surface area contributed by atoms with E-state index in [1.54, 1.807) is 11.3 Å². The summed E-state index contributed by atoms with van der Waals surface area (Å²) in [5, 5.41) is 10.6. The first-order valence-electron chi connectivity index (χ1n) is 7.86. The zero-order valence-corrected chi connectivity index (χ0v) is 18.1. The monoisotopic (exact) mass is 478 g/mol. The molecule has 0 aliphatic heterocycles. The Balaban J connectivity index is 0.00000288. The van der Waals surface area contributed by atoms with E-state index >= 15 is 0 Å². The van der Waals surface area contributed by atoms with Gasteiger partial charge in [-0.25, -0.2) is 9.98 Å². The third kappa shape index (κ3) is 6.22. The highest BCUT2D eigenvalue weighted by Gasteiger charge is 2.11. The Bertz CT molecular complexity index is 660. The van der Waals surface area contributed by atoms with Gasteiger partial charge in [0.25, 0.3) is 0 Å². The van der Waals surface area contributed by atoms with Crippen LogP contribution in [0.5, 0.6) is 0 Å². The lowest BCUT2D eigenvalue weighted by Crippen LogP contribution is -2.38. The summed E-state index contributed by atoms with van der Waals surface area (Å²) in [5.74, 6) is 0.769. The summed E-state index contributed by atoms with van der Waals surface area (Å²) >= 11 is 7.95. The summed E-state index contributed by atoms with van der Waals surface area (Å²) in [6, 6.07) is 7.93. The van der Waals surface area contributed by atoms with E-state index in [2.05, 4.69) is 46.8 Å². The van der Waals surface area contributed by atoms with Gasteiger partial charge in [0.05, 0.1) is 23.3 Å². The van der Waals surface area contributed by atoms with Crippen molar-refractivity contribution in [1.82, 2.24) is 15.6 Å². The molecule has 0 radical (unpaired) electrons. The number of halogens is 2. The maximum absolute atomic E-state index is 6.26. The minimum atomic E-state index is 0. The Labute approximate surface area is 170 Å². The number of aliphatic imine (C=N–C) groups is 1. The predicted octanol–water partition coefficient (Wildman–Crippen LogP) is 4.79. The average molecular weight is 479 g/mol. The quantitative estimate of drug-likeness (QED) is 0.356. The predicted molar refractivity (Wildman–Crippen MR) is 115 cm³/mol. The molecule has 4 nitrogen and oxygen atoms in total. The van der Waals surface area contributed by atoms with Gasteiger partial charge < -0.3 is 10.6 Å². The molecule has 0 amide bonds. The smallest absolute Gasteiger partial charge is 0.192 e. The number of aryl methyl sites for hydroxylation is 1. The Morgan fingerprint density at radius 3 is 2.71 bits per heavy atom. The van der Waals surface area contributed by atoms with Crippen LogP contribution in [0, 0.1) is 0 Å². The van der Waals surface area contributed by atoms with Crippen LogP contribution in [0.1, 0.15) is 43.1 Å². The lowest BCUT2D eigenvalue weighted by atomic mass is 10.1. The maximum Gasteiger partial charge on any atom is 0.192 e. The first-order chi connectivity index (χ1) is 11.1. The largest absolute Gasteiger partial charge is 0.357 e. The molecule has 1 aromatic carbocycles. The molecule has 0 aliphatic carbocycles. The van der Waals surface area contributed by atoms with E-state index in [1.165, 1.54) is 0 Å². The summed E-state index contributed by atoms with van der Waals surface area (Å²) < 4.78 is 0. The summed E-state index contributed by atoms with van der Waals surface area (Å²) in [6.07, 6.45) is 0.968. The number of thiazole rings is 1. The summed E-state index contributed by atoms with van der Waals surface area (Å²) in [7, 11) is 0. The molecule has 1 atom stereocenters. The van der Waals surface area contributed by atoms with E-state index in [9.17, 15) is 0 Å². The zero-order valence-electron chi connectivity index (χ0n) is 14.2. The normalized spacial score (nSPS) is 12.4. The molecule has 2 rings (SSSR count). The molecule has 1 aromatic heterocycles. The highest BCUT2D eigenvalue weighted by Crippen LogP contribution is 2.22. The van der Waals surface area contributed by atoms with Crippen LogP contribution >= 0.6 is 46.9 Å².